The van der Waals surface area contributed by atoms with Gasteiger partial charge >= 0.3 is 0 Å². The zero-order chi connectivity index (χ0) is 15.2. The van der Waals surface area contributed by atoms with Gasteiger partial charge in [-0.2, -0.15) is 11.8 Å². The van der Waals surface area contributed by atoms with Crippen molar-refractivity contribution in [2.45, 2.75) is 64.2 Å². The van der Waals surface area contributed by atoms with Crippen molar-refractivity contribution in [2.24, 2.45) is 0 Å². The average molecular weight is 300 g/mol. The van der Waals surface area contributed by atoms with Gasteiger partial charge in [-0.05, 0) is 25.0 Å². The van der Waals surface area contributed by atoms with E-state index < -0.39 is 0 Å². The Kier molecular flexibility index (Phi) is 6.86. The molecule has 1 fully saturated rings. The zero-order valence-corrected chi connectivity index (χ0v) is 14.0. The number of hydrogen-bond acceptors (Lipinski definition) is 3. The molecule has 0 aliphatic carbocycles. The molecule has 20 heavy (non-hydrogen) atoms. The number of rotatable bonds is 5. The predicted octanol–water partition coefficient (Wildman–Crippen LogP) is 2.43. The van der Waals surface area contributed by atoms with E-state index in [2.05, 4.69) is 26.1 Å². The van der Waals surface area contributed by atoms with Gasteiger partial charge in [-0.3, -0.25) is 9.59 Å². The largest absolute Gasteiger partial charge is 0.352 e. The van der Waals surface area contributed by atoms with Gasteiger partial charge in [-0.25, -0.2) is 0 Å². The summed E-state index contributed by atoms with van der Waals surface area (Å²) in [5, 5.41) is 2.92. The van der Waals surface area contributed by atoms with Crippen LogP contribution in [0.15, 0.2) is 0 Å². The van der Waals surface area contributed by atoms with E-state index >= 15 is 0 Å². The van der Waals surface area contributed by atoms with Crippen molar-refractivity contribution < 1.29 is 9.59 Å². The zero-order valence-electron chi connectivity index (χ0n) is 13.2. The van der Waals surface area contributed by atoms with Gasteiger partial charge in [0.1, 0.15) is 0 Å². The Morgan fingerprint density at radius 3 is 2.65 bits per heavy atom. The van der Waals surface area contributed by atoms with Crippen LogP contribution in [0.3, 0.4) is 0 Å². The second-order valence-corrected chi connectivity index (χ2v) is 8.37. The van der Waals surface area contributed by atoms with Crippen molar-refractivity contribution in [3.8, 4) is 0 Å². The van der Waals surface area contributed by atoms with Crippen LogP contribution in [0.25, 0.3) is 0 Å². The smallest absolute Gasteiger partial charge is 0.222 e. The molecule has 0 aromatic heterocycles. The first-order valence-corrected chi connectivity index (χ1v) is 8.45. The van der Waals surface area contributed by atoms with Crippen LogP contribution in [-0.2, 0) is 9.59 Å². The summed E-state index contributed by atoms with van der Waals surface area (Å²) >= 11 is 1.90. The van der Waals surface area contributed by atoms with Crippen LogP contribution in [0.2, 0.25) is 0 Å². The normalized spacial score (nSPS) is 19.8. The van der Waals surface area contributed by atoms with Gasteiger partial charge in [-0.1, -0.05) is 20.8 Å². The number of nitrogens with one attached hydrogen (secondary N) is 1. The second-order valence-electron chi connectivity index (χ2n) is 6.44. The first kappa shape index (κ1) is 17.3. The summed E-state index contributed by atoms with van der Waals surface area (Å²) in [4.78, 5) is 25.1. The second kappa shape index (κ2) is 7.91. The fourth-order valence-corrected chi connectivity index (χ4v) is 3.27. The van der Waals surface area contributed by atoms with E-state index in [4.69, 9.17) is 0 Å². The van der Waals surface area contributed by atoms with E-state index in [0.717, 1.165) is 31.6 Å². The lowest BCUT2D eigenvalue weighted by Gasteiger charge is -2.33. The van der Waals surface area contributed by atoms with Gasteiger partial charge < -0.3 is 10.2 Å². The van der Waals surface area contributed by atoms with Gasteiger partial charge in [0.15, 0.2) is 0 Å². The van der Waals surface area contributed by atoms with Crippen molar-refractivity contribution in [3.63, 3.8) is 0 Å². The molecule has 1 aliphatic rings. The summed E-state index contributed by atoms with van der Waals surface area (Å²) in [5.74, 6) is 1.25. The SMILES string of the molecule is CC(=O)N[C@H]1CCCN(C(=O)CCCSC(C)(C)C)C1. The van der Waals surface area contributed by atoms with E-state index in [-0.39, 0.29) is 22.6 Å². The molecule has 0 aromatic carbocycles. The lowest BCUT2D eigenvalue weighted by atomic mass is 10.1. The fourth-order valence-electron chi connectivity index (χ4n) is 2.37. The van der Waals surface area contributed by atoms with Crippen LogP contribution in [0, 0.1) is 0 Å². The number of thioether (sulfide) groups is 1. The number of piperidine rings is 1. The summed E-state index contributed by atoms with van der Waals surface area (Å²) in [7, 11) is 0. The van der Waals surface area contributed by atoms with Crippen LogP contribution in [0.1, 0.15) is 53.4 Å². The first-order chi connectivity index (χ1) is 9.28. The van der Waals surface area contributed by atoms with E-state index in [0.29, 0.717) is 13.0 Å². The van der Waals surface area contributed by atoms with Crippen LogP contribution in [0.5, 0.6) is 0 Å². The summed E-state index contributed by atoms with van der Waals surface area (Å²) in [5.41, 5.74) is 0. The molecule has 1 aliphatic heterocycles. The number of nitrogens with zero attached hydrogens (tertiary/aromatic N) is 1. The molecular weight excluding hydrogens is 272 g/mol. The maximum Gasteiger partial charge on any atom is 0.222 e. The molecule has 0 aromatic rings. The van der Waals surface area contributed by atoms with Crippen molar-refractivity contribution in [1.82, 2.24) is 10.2 Å². The fraction of sp³-hybridized carbons (Fsp3) is 0.867. The monoisotopic (exact) mass is 300 g/mol. The Hall–Kier alpha value is -0.710. The van der Waals surface area contributed by atoms with Gasteiger partial charge in [0.25, 0.3) is 0 Å². The molecule has 0 saturated carbocycles. The van der Waals surface area contributed by atoms with E-state index in [1.165, 1.54) is 6.92 Å². The highest BCUT2D eigenvalue weighted by molar-refractivity contribution is 8.00. The summed E-state index contributed by atoms with van der Waals surface area (Å²) in [6.07, 6.45) is 3.51. The molecule has 0 bridgehead atoms. The van der Waals surface area contributed by atoms with Gasteiger partial charge in [0, 0.05) is 37.2 Å². The third kappa shape index (κ3) is 7.17. The minimum Gasteiger partial charge on any atom is -0.352 e. The first-order valence-electron chi connectivity index (χ1n) is 7.47. The molecule has 4 nitrogen and oxygen atoms in total. The maximum absolute atomic E-state index is 12.2. The molecule has 0 spiro atoms. The molecule has 1 heterocycles. The van der Waals surface area contributed by atoms with Crippen LogP contribution in [0.4, 0.5) is 0 Å². The van der Waals surface area contributed by atoms with E-state index in [1.54, 1.807) is 0 Å². The number of hydrogen-bond donors (Lipinski definition) is 1. The molecule has 1 atom stereocenters. The van der Waals surface area contributed by atoms with Crippen molar-refractivity contribution in [3.05, 3.63) is 0 Å². The maximum atomic E-state index is 12.2. The van der Waals surface area contributed by atoms with Crippen LogP contribution in [-0.4, -0.2) is 46.3 Å². The minimum atomic E-state index is -0.00845. The molecule has 5 heteroatoms. The quantitative estimate of drug-likeness (QED) is 0.793. The Labute approximate surface area is 127 Å². The third-order valence-electron chi connectivity index (χ3n) is 3.25. The number of likely N-dealkylation sites (tertiary alicyclic amines) is 1. The lowest BCUT2D eigenvalue weighted by Crippen LogP contribution is -2.49. The standard InChI is InChI=1S/C15H28N2O2S/c1-12(18)16-13-7-5-9-17(11-13)14(19)8-6-10-20-15(2,3)4/h13H,5-11H2,1-4H3,(H,16,18)/t13-/m0/s1. The Morgan fingerprint density at radius 2 is 2.05 bits per heavy atom. The predicted molar refractivity (Wildman–Crippen MR) is 84.9 cm³/mol. The Bertz CT molecular complexity index is 339. The topological polar surface area (TPSA) is 49.4 Å². The third-order valence-corrected chi connectivity index (χ3v) is 4.61. The van der Waals surface area contributed by atoms with Gasteiger partial charge in [-0.15, -0.1) is 0 Å². The molecule has 1 saturated heterocycles. The van der Waals surface area contributed by atoms with Crippen molar-refractivity contribution in [2.75, 3.05) is 18.8 Å². The average Bonchev–Trinajstić information content (AvgIpc) is 2.32. The molecular formula is C15H28N2O2S. The molecule has 1 rings (SSSR count). The molecule has 116 valence electrons. The van der Waals surface area contributed by atoms with Crippen LogP contribution >= 0.6 is 11.8 Å². The van der Waals surface area contributed by atoms with Crippen molar-refractivity contribution in [1.29, 1.82) is 0 Å². The highest BCUT2D eigenvalue weighted by atomic mass is 32.2. The summed E-state index contributed by atoms with van der Waals surface area (Å²) < 4.78 is 0.269. The van der Waals surface area contributed by atoms with Gasteiger partial charge in [0.05, 0.1) is 0 Å². The van der Waals surface area contributed by atoms with E-state index in [9.17, 15) is 9.59 Å². The molecule has 0 unspecified atom stereocenters. The molecule has 0 radical (unpaired) electrons. The lowest BCUT2D eigenvalue weighted by molar-refractivity contribution is -0.133. The molecule has 1 N–H and O–H groups in total. The summed E-state index contributed by atoms with van der Waals surface area (Å²) in [6.45, 7) is 9.63. The van der Waals surface area contributed by atoms with Crippen molar-refractivity contribution >= 4 is 23.6 Å². The Morgan fingerprint density at radius 1 is 1.35 bits per heavy atom. The highest BCUT2D eigenvalue weighted by Gasteiger charge is 2.23. The minimum absolute atomic E-state index is 0.00845. The Balaban J connectivity index is 2.27. The number of amides is 2. The van der Waals surface area contributed by atoms with E-state index in [1.807, 2.05) is 16.7 Å². The highest BCUT2D eigenvalue weighted by Crippen LogP contribution is 2.24. The van der Waals surface area contributed by atoms with Gasteiger partial charge in [0.2, 0.25) is 11.8 Å². The van der Waals surface area contributed by atoms with Crippen LogP contribution < -0.4 is 5.32 Å². The number of carbonyl (C=O) groups excluding carboxylic acids is 2. The summed E-state index contributed by atoms with van der Waals surface area (Å²) in [6, 6.07) is 0.133. The molecule has 2 amide bonds. The number of carbonyl (C=O) groups is 2.